The molecule has 8 nitrogen and oxygen atoms in total. The van der Waals surface area contributed by atoms with Crippen molar-refractivity contribution in [2.24, 2.45) is 5.73 Å². The number of nitrogens with zero attached hydrogens (tertiary/aromatic N) is 5. The summed E-state index contributed by atoms with van der Waals surface area (Å²) >= 11 is 0. The number of benzene rings is 1. The van der Waals surface area contributed by atoms with Crippen molar-refractivity contribution in [3.63, 3.8) is 0 Å². The Morgan fingerprint density at radius 3 is 2.83 bits per heavy atom. The normalized spacial score (nSPS) is 15.7. The lowest BCUT2D eigenvalue weighted by atomic mass is 9.77. The first kappa shape index (κ1) is 16.5. The van der Waals surface area contributed by atoms with Crippen LogP contribution in [-0.4, -0.2) is 25.1 Å². The van der Waals surface area contributed by atoms with E-state index in [1.54, 1.807) is 18.2 Å². The average Bonchev–Trinajstić information content (AvgIpc) is 3.01. The lowest BCUT2D eigenvalue weighted by Gasteiger charge is -2.34. The van der Waals surface area contributed by atoms with E-state index in [0.717, 1.165) is 19.3 Å². The van der Waals surface area contributed by atoms with Crippen LogP contribution in [0.1, 0.15) is 31.0 Å². The Morgan fingerprint density at radius 2 is 2.08 bits per heavy atom. The first-order valence-electron chi connectivity index (χ1n) is 7.60. The Balaban J connectivity index is 0.00000169. The number of nitrogens with two attached hydrogens (primary N) is 1. The van der Waals surface area contributed by atoms with Crippen LogP contribution < -0.4 is 11.3 Å². The van der Waals surface area contributed by atoms with Crippen LogP contribution in [0.4, 0.5) is 0 Å². The Bertz CT molecular complexity index is 917. The van der Waals surface area contributed by atoms with E-state index < -0.39 is 5.54 Å². The number of hydrogen-bond acceptors (Lipinski definition) is 7. The van der Waals surface area contributed by atoms with Gasteiger partial charge in [-0.05, 0) is 31.4 Å². The second-order valence-electron chi connectivity index (χ2n) is 5.91. The molecule has 1 aliphatic carbocycles. The Labute approximate surface area is 143 Å². The van der Waals surface area contributed by atoms with Gasteiger partial charge in [0.2, 0.25) is 5.89 Å². The van der Waals surface area contributed by atoms with Crippen LogP contribution in [-0.2, 0) is 18.5 Å². The first-order valence-corrected chi connectivity index (χ1v) is 7.60. The molecule has 0 amide bonds. The number of rotatable bonds is 4. The van der Waals surface area contributed by atoms with E-state index in [2.05, 4.69) is 20.5 Å². The molecular weight excluding hydrogens is 332 g/mol. The lowest BCUT2D eigenvalue weighted by Crippen LogP contribution is -2.44. The zero-order valence-electron chi connectivity index (χ0n) is 12.9. The van der Waals surface area contributed by atoms with Gasteiger partial charge in [0.05, 0.1) is 17.5 Å². The van der Waals surface area contributed by atoms with Gasteiger partial charge in [-0.1, -0.05) is 22.5 Å². The van der Waals surface area contributed by atoms with Gasteiger partial charge < -0.3 is 10.3 Å². The van der Waals surface area contributed by atoms with Crippen LogP contribution in [0.5, 0.6) is 0 Å². The summed E-state index contributed by atoms with van der Waals surface area (Å²) in [4.78, 5) is 16.7. The first-order chi connectivity index (χ1) is 11.2. The fraction of sp³-hybridized carbons (Fsp3) is 0.400. The minimum Gasteiger partial charge on any atom is -0.339 e. The second kappa shape index (κ2) is 6.29. The van der Waals surface area contributed by atoms with Gasteiger partial charge in [0.1, 0.15) is 5.52 Å². The molecule has 4 rings (SSSR count). The topological polar surface area (TPSA) is 113 Å². The summed E-state index contributed by atoms with van der Waals surface area (Å²) in [7, 11) is 0. The van der Waals surface area contributed by atoms with Gasteiger partial charge in [-0.3, -0.25) is 4.79 Å². The molecule has 0 unspecified atom stereocenters. The van der Waals surface area contributed by atoms with Gasteiger partial charge in [-0.25, -0.2) is 4.68 Å². The number of fused-ring (bicyclic) bond motifs is 1. The van der Waals surface area contributed by atoms with Crippen LogP contribution >= 0.6 is 12.4 Å². The van der Waals surface area contributed by atoms with Crippen molar-refractivity contribution in [1.82, 2.24) is 25.1 Å². The van der Waals surface area contributed by atoms with Crippen molar-refractivity contribution < 1.29 is 4.52 Å². The molecule has 9 heteroatoms. The Hall–Kier alpha value is -2.32. The SMILES string of the molecule is Cl.NC1(c2noc(CCn3nnc4ccccc4c3=O)n2)CCC1. The third-order valence-corrected chi connectivity index (χ3v) is 4.33. The molecule has 0 spiro atoms. The van der Waals surface area contributed by atoms with Crippen molar-refractivity contribution in [2.75, 3.05) is 0 Å². The molecule has 0 radical (unpaired) electrons. The Kier molecular flexibility index (Phi) is 4.33. The molecule has 2 heterocycles. The third kappa shape index (κ3) is 2.78. The minimum absolute atomic E-state index is 0. The maximum absolute atomic E-state index is 12.3. The molecule has 126 valence electrons. The molecule has 24 heavy (non-hydrogen) atoms. The van der Waals surface area contributed by atoms with Crippen LogP contribution in [0.25, 0.3) is 10.9 Å². The zero-order chi connectivity index (χ0) is 15.9. The van der Waals surface area contributed by atoms with E-state index in [-0.39, 0.29) is 18.0 Å². The van der Waals surface area contributed by atoms with Crippen LogP contribution in [0, 0.1) is 0 Å². The molecule has 3 aromatic rings. The molecule has 0 atom stereocenters. The number of halogens is 1. The monoisotopic (exact) mass is 348 g/mol. The summed E-state index contributed by atoms with van der Waals surface area (Å²) in [5.41, 5.74) is 6.14. The highest BCUT2D eigenvalue weighted by Crippen LogP contribution is 2.36. The number of aromatic nitrogens is 5. The highest BCUT2D eigenvalue weighted by atomic mass is 35.5. The molecule has 1 aromatic carbocycles. The predicted octanol–water partition coefficient (Wildman–Crippen LogP) is 1.18. The average molecular weight is 349 g/mol. The smallest absolute Gasteiger partial charge is 0.277 e. The van der Waals surface area contributed by atoms with E-state index in [1.807, 2.05) is 6.07 Å². The van der Waals surface area contributed by atoms with Crippen molar-refractivity contribution in [3.05, 3.63) is 46.3 Å². The third-order valence-electron chi connectivity index (χ3n) is 4.33. The van der Waals surface area contributed by atoms with Crippen LogP contribution in [0.15, 0.2) is 33.6 Å². The quantitative estimate of drug-likeness (QED) is 0.753. The van der Waals surface area contributed by atoms with E-state index in [9.17, 15) is 4.79 Å². The van der Waals surface area contributed by atoms with Crippen molar-refractivity contribution >= 4 is 23.3 Å². The van der Waals surface area contributed by atoms with Gasteiger partial charge in [0, 0.05) is 6.42 Å². The summed E-state index contributed by atoms with van der Waals surface area (Å²) < 4.78 is 6.54. The van der Waals surface area contributed by atoms with Gasteiger partial charge in [-0.15, -0.1) is 17.5 Å². The fourth-order valence-corrected chi connectivity index (χ4v) is 2.71. The van der Waals surface area contributed by atoms with Gasteiger partial charge in [-0.2, -0.15) is 4.98 Å². The largest absolute Gasteiger partial charge is 0.339 e. The van der Waals surface area contributed by atoms with Gasteiger partial charge >= 0.3 is 0 Å². The van der Waals surface area contributed by atoms with Crippen molar-refractivity contribution in [2.45, 2.75) is 37.8 Å². The molecular formula is C15H17ClN6O2. The number of hydrogen-bond donors (Lipinski definition) is 1. The molecule has 1 fully saturated rings. The van der Waals surface area contributed by atoms with Crippen LogP contribution in [0.3, 0.4) is 0 Å². The fourth-order valence-electron chi connectivity index (χ4n) is 2.71. The van der Waals surface area contributed by atoms with Gasteiger partial charge in [0.25, 0.3) is 5.56 Å². The lowest BCUT2D eigenvalue weighted by molar-refractivity contribution is 0.228. The summed E-state index contributed by atoms with van der Waals surface area (Å²) in [5, 5.41) is 12.5. The van der Waals surface area contributed by atoms with Crippen molar-refractivity contribution in [3.8, 4) is 0 Å². The molecule has 0 aliphatic heterocycles. The summed E-state index contributed by atoms with van der Waals surface area (Å²) in [5.74, 6) is 1.01. The molecule has 2 N–H and O–H groups in total. The number of aryl methyl sites for hydroxylation is 2. The van der Waals surface area contributed by atoms with Crippen molar-refractivity contribution in [1.29, 1.82) is 0 Å². The van der Waals surface area contributed by atoms with E-state index >= 15 is 0 Å². The summed E-state index contributed by atoms with van der Waals surface area (Å²) in [6.07, 6.45) is 3.25. The second-order valence-corrected chi connectivity index (χ2v) is 5.91. The maximum Gasteiger partial charge on any atom is 0.277 e. The van der Waals surface area contributed by atoms with Gasteiger partial charge in [0.15, 0.2) is 5.82 Å². The molecule has 0 bridgehead atoms. The molecule has 1 saturated carbocycles. The Morgan fingerprint density at radius 1 is 1.29 bits per heavy atom. The maximum atomic E-state index is 12.3. The highest BCUT2D eigenvalue weighted by Gasteiger charge is 2.38. The standard InChI is InChI=1S/C15H16N6O2.ClH/c16-15(7-3-8-15)14-17-12(23-19-14)6-9-21-13(22)10-4-1-2-5-11(10)18-20-21;/h1-2,4-5H,3,6-9,16H2;1H. The minimum atomic E-state index is -0.443. The molecule has 1 aliphatic rings. The summed E-state index contributed by atoms with van der Waals surface area (Å²) in [6.45, 7) is 0.329. The zero-order valence-corrected chi connectivity index (χ0v) is 13.7. The highest BCUT2D eigenvalue weighted by molar-refractivity contribution is 5.85. The van der Waals surface area contributed by atoms with E-state index in [0.29, 0.717) is 35.6 Å². The predicted molar refractivity (Wildman–Crippen MR) is 88.8 cm³/mol. The van der Waals surface area contributed by atoms with E-state index in [1.165, 1.54) is 4.68 Å². The molecule has 0 saturated heterocycles. The van der Waals surface area contributed by atoms with E-state index in [4.69, 9.17) is 10.3 Å². The molecule has 2 aromatic heterocycles. The van der Waals surface area contributed by atoms with Crippen LogP contribution in [0.2, 0.25) is 0 Å². The summed E-state index contributed by atoms with van der Waals surface area (Å²) in [6, 6.07) is 7.13.